The molecule has 2 aromatic rings. The number of hydrogen-bond acceptors (Lipinski definition) is 3. The summed E-state index contributed by atoms with van der Waals surface area (Å²) >= 11 is 0. The fraction of sp³-hybridized carbons (Fsp3) is 0.353. The molecule has 1 N–H and O–H groups in total. The highest BCUT2D eigenvalue weighted by Crippen LogP contribution is 2.29. The molecule has 3 rings (SSSR count). The van der Waals surface area contributed by atoms with E-state index in [1.807, 2.05) is 30.0 Å². The smallest absolute Gasteiger partial charge is 0.289 e. The predicted molar refractivity (Wildman–Crippen MR) is 79.4 cm³/mol. The topological polar surface area (TPSA) is 53.7 Å². The molecule has 2 heterocycles. The summed E-state index contributed by atoms with van der Waals surface area (Å²) in [6, 6.07) is 10.9. The van der Waals surface area contributed by atoms with Gasteiger partial charge in [-0.05, 0) is 55.5 Å². The number of hydrogen-bond donors (Lipinski definition) is 1. The monoisotopic (exact) mass is 285 g/mol. The number of benzene rings is 1. The summed E-state index contributed by atoms with van der Waals surface area (Å²) in [6.45, 7) is 3.32. The molecule has 1 aromatic carbocycles. The van der Waals surface area contributed by atoms with Gasteiger partial charge >= 0.3 is 0 Å². The molecule has 1 saturated heterocycles. The van der Waals surface area contributed by atoms with E-state index >= 15 is 0 Å². The highest BCUT2D eigenvalue weighted by atomic mass is 16.3. The van der Waals surface area contributed by atoms with E-state index in [4.69, 9.17) is 4.42 Å². The molecule has 4 nitrogen and oxygen atoms in total. The van der Waals surface area contributed by atoms with Crippen molar-refractivity contribution < 1.29 is 14.3 Å². The standard InChI is InChI=1S/C17H19NO3/c1-12-2-7-16(21-12)17(20)18-10-8-14(9-11-18)13-3-5-15(19)6-4-13/h2-7,14,19H,8-11H2,1H3. The van der Waals surface area contributed by atoms with Crippen molar-refractivity contribution in [2.75, 3.05) is 13.1 Å². The van der Waals surface area contributed by atoms with Gasteiger partial charge in [0.2, 0.25) is 0 Å². The first kappa shape index (κ1) is 13.7. The number of furan rings is 1. The first-order chi connectivity index (χ1) is 10.1. The molecule has 1 aromatic heterocycles. The Hall–Kier alpha value is -2.23. The Labute approximate surface area is 124 Å². The summed E-state index contributed by atoms with van der Waals surface area (Å²) in [6.07, 6.45) is 1.88. The second-order valence-electron chi connectivity index (χ2n) is 5.57. The second-order valence-corrected chi connectivity index (χ2v) is 5.57. The Kier molecular flexibility index (Phi) is 3.69. The van der Waals surface area contributed by atoms with Gasteiger partial charge in [-0.15, -0.1) is 0 Å². The minimum Gasteiger partial charge on any atom is -0.508 e. The molecule has 4 heteroatoms. The summed E-state index contributed by atoms with van der Waals surface area (Å²) in [5, 5.41) is 9.33. The lowest BCUT2D eigenvalue weighted by Gasteiger charge is -2.31. The van der Waals surface area contributed by atoms with Gasteiger partial charge in [0.15, 0.2) is 5.76 Å². The molecule has 110 valence electrons. The van der Waals surface area contributed by atoms with E-state index < -0.39 is 0 Å². The molecule has 0 radical (unpaired) electrons. The third-order valence-electron chi connectivity index (χ3n) is 4.10. The molecule has 0 aliphatic carbocycles. The normalized spacial score (nSPS) is 16.1. The van der Waals surface area contributed by atoms with Crippen molar-refractivity contribution in [1.82, 2.24) is 4.90 Å². The molecule has 0 atom stereocenters. The number of phenolic OH excluding ortho intramolecular Hbond substituents is 1. The van der Waals surface area contributed by atoms with Crippen molar-refractivity contribution in [1.29, 1.82) is 0 Å². The van der Waals surface area contributed by atoms with Crippen LogP contribution < -0.4 is 0 Å². The van der Waals surface area contributed by atoms with Gasteiger partial charge in [0.1, 0.15) is 11.5 Å². The molecule has 0 spiro atoms. The first-order valence-corrected chi connectivity index (χ1v) is 7.28. The number of carbonyl (C=O) groups is 1. The van der Waals surface area contributed by atoms with Crippen molar-refractivity contribution in [3.63, 3.8) is 0 Å². The lowest BCUT2D eigenvalue weighted by Crippen LogP contribution is -2.37. The zero-order valence-electron chi connectivity index (χ0n) is 12.1. The predicted octanol–water partition coefficient (Wildman–Crippen LogP) is 3.31. The first-order valence-electron chi connectivity index (χ1n) is 7.28. The fourth-order valence-electron chi connectivity index (χ4n) is 2.87. The van der Waals surface area contributed by atoms with E-state index in [9.17, 15) is 9.90 Å². The van der Waals surface area contributed by atoms with Gasteiger partial charge in [-0.2, -0.15) is 0 Å². The van der Waals surface area contributed by atoms with E-state index in [0.717, 1.165) is 31.7 Å². The highest BCUT2D eigenvalue weighted by Gasteiger charge is 2.25. The van der Waals surface area contributed by atoms with Gasteiger partial charge in [-0.25, -0.2) is 0 Å². The van der Waals surface area contributed by atoms with Crippen LogP contribution in [0.2, 0.25) is 0 Å². The number of amides is 1. The summed E-state index contributed by atoms with van der Waals surface area (Å²) < 4.78 is 5.40. The Morgan fingerprint density at radius 2 is 1.81 bits per heavy atom. The summed E-state index contributed by atoms with van der Waals surface area (Å²) in [7, 11) is 0. The third-order valence-corrected chi connectivity index (χ3v) is 4.10. The quantitative estimate of drug-likeness (QED) is 0.921. The molecule has 0 saturated carbocycles. The van der Waals surface area contributed by atoms with E-state index in [1.165, 1.54) is 5.56 Å². The number of rotatable bonds is 2. The van der Waals surface area contributed by atoms with Crippen LogP contribution in [0.1, 0.15) is 40.6 Å². The fourth-order valence-corrected chi connectivity index (χ4v) is 2.87. The van der Waals surface area contributed by atoms with Crippen LogP contribution in [-0.2, 0) is 0 Å². The third kappa shape index (κ3) is 2.94. The maximum atomic E-state index is 12.3. The van der Waals surface area contributed by atoms with Gasteiger partial charge < -0.3 is 14.4 Å². The van der Waals surface area contributed by atoms with E-state index in [0.29, 0.717) is 17.4 Å². The zero-order chi connectivity index (χ0) is 14.8. The van der Waals surface area contributed by atoms with Crippen LogP contribution in [0.25, 0.3) is 0 Å². The van der Waals surface area contributed by atoms with Crippen LogP contribution >= 0.6 is 0 Å². The van der Waals surface area contributed by atoms with Gasteiger partial charge in [0.25, 0.3) is 5.91 Å². The molecular weight excluding hydrogens is 266 g/mol. The lowest BCUT2D eigenvalue weighted by molar-refractivity contribution is 0.0679. The maximum absolute atomic E-state index is 12.3. The molecule has 1 fully saturated rings. The average molecular weight is 285 g/mol. The summed E-state index contributed by atoms with van der Waals surface area (Å²) in [5.41, 5.74) is 1.23. The van der Waals surface area contributed by atoms with E-state index in [-0.39, 0.29) is 5.91 Å². The molecule has 0 bridgehead atoms. The van der Waals surface area contributed by atoms with E-state index in [1.54, 1.807) is 18.2 Å². The molecular formula is C17H19NO3. The summed E-state index contributed by atoms with van der Waals surface area (Å²) in [5.74, 6) is 1.91. The van der Waals surface area contributed by atoms with Crippen molar-refractivity contribution in [2.45, 2.75) is 25.7 Å². The minimum absolute atomic E-state index is 0.0211. The van der Waals surface area contributed by atoms with E-state index in [2.05, 4.69) is 0 Å². The second kappa shape index (κ2) is 5.64. The SMILES string of the molecule is Cc1ccc(C(=O)N2CCC(c3ccc(O)cc3)CC2)o1. The number of phenols is 1. The number of aromatic hydroxyl groups is 1. The molecule has 21 heavy (non-hydrogen) atoms. The van der Waals surface area contributed by atoms with Crippen LogP contribution in [0.15, 0.2) is 40.8 Å². The molecule has 1 aliphatic rings. The Bertz CT molecular complexity index is 622. The largest absolute Gasteiger partial charge is 0.508 e. The van der Waals surface area contributed by atoms with Crippen LogP contribution in [0, 0.1) is 6.92 Å². The number of aryl methyl sites for hydroxylation is 1. The van der Waals surface area contributed by atoms with Crippen LogP contribution in [0.4, 0.5) is 0 Å². The average Bonchev–Trinajstić information content (AvgIpc) is 2.94. The molecule has 1 aliphatic heterocycles. The number of carbonyl (C=O) groups excluding carboxylic acids is 1. The van der Waals surface area contributed by atoms with Crippen LogP contribution in [0.3, 0.4) is 0 Å². The minimum atomic E-state index is -0.0211. The summed E-state index contributed by atoms with van der Waals surface area (Å²) in [4.78, 5) is 14.2. The van der Waals surface area contributed by atoms with Gasteiger partial charge in [0.05, 0.1) is 0 Å². The maximum Gasteiger partial charge on any atom is 0.289 e. The van der Waals surface area contributed by atoms with Crippen molar-refractivity contribution >= 4 is 5.91 Å². The lowest BCUT2D eigenvalue weighted by atomic mass is 9.89. The number of likely N-dealkylation sites (tertiary alicyclic amines) is 1. The van der Waals surface area contributed by atoms with Gasteiger partial charge in [-0.1, -0.05) is 12.1 Å². The van der Waals surface area contributed by atoms with Crippen LogP contribution in [-0.4, -0.2) is 29.0 Å². The Balaban J connectivity index is 1.62. The number of nitrogens with zero attached hydrogens (tertiary/aromatic N) is 1. The van der Waals surface area contributed by atoms with Crippen molar-refractivity contribution in [3.05, 3.63) is 53.5 Å². The van der Waals surface area contributed by atoms with Crippen molar-refractivity contribution in [2.24, 2.45) is 0 Å². The number of piperidine rings is 1. The Morgan fingerprint density at radius 3 is 2.38 bits per heavy atom. The van der Waals surface area contributed by atoms with Crippen LogP contribution in [0.5, 0.6) is 5.75 Å². The Morgan fingerprint density at radius 1 is 1.14 bits per heavy atom. The van der Waals surface area contributed by atoms with Crippen molar-refractivity contribution in [3.8, 4) is 5.75 Å². The van der Waals surface area contributed by atoms with Gasteiger partial charge in [0, 0.05) is 13.1 Å². The molecule has 0 unspecified atom stereocenters. The highest BCUT2D eigenvalue weighted by molar-refractivity contribution is 5.91. The zero-order valence-corrected chi connectivity index (χ0v) is 12.1. The van der Waals surface area contributed by atoms with Gasteiger partial charge in [-0.3, -0.25) is 4.79 Å². The molecule has 1 amide bonds.